The van der Waals surface area contributed by atoms with Gasteiger partial charge in [0.15, 0.2) is 5.69 Å². The lowest BCUT2D eigenvalue weighted by molar-refractivity contribution is 0.430. The number of aryl methyl sites for hydroxylation is 2. The van der Waals surface area contributed by atoms with Crippen molar-refractivity contribution in [2.24, 2.45) is 5.14 Å². The molecule has 4 rings (SSSR count). The Morgan fingerprint density at radius 3 is 2.38 bits per heavy atom. The van der Waals surface area contributed by atoms with Crippen LogP contribution in [0.1, 0.15) is 16.8 Å². The molecule has 8 nitrogen and oxygen atoms in total. The van der Waals surface area contributed by atoms with Crippen molar-refractivity contribution in [3.63, 3.8) is 0 Å². The molecule has 2 heterocycles. The fourth-order valence-corrected chi connectivity index (χ4v) is 3.40. The smallest absolute Gasteiger partial charge is 0.278 e. The molecule has 9 heteroatoms. The minimum absolute atomic E-state index is 0.0236. The molecule has 0 atom stereocenters. The van der Waals surface area contributed by atoms with Gasteiger partial charge in [-0.25, -0.2) is 13.6 Å². The lowest BCUT2D eigenvalue weighted by Crippen LogP contribution is -2.11. The van der Waals surface area contributed by atoms with Crippen LogP contribution in [0.3, 0.4) is 0 Å². The highest BCUT2D eigenvalue weighted by atomic mass is 32.2. The molecule has 0 spiro atoms. The van der Waals surface area contributed by atoms with Crippen LogP contribution in [0.5, 0.6) is 0 Å². The molecular weight excluding hydrogens is 390 g/mol. The molecule has 2 aromatic carbocycles. The van der Waals surface area contributed by atoms with Gasteiger partial charge < -0.3 is 4.52 Å². The average molecular weight is 409 g/mol. The highest BCUT2D eigenvalue weighted by Gasteiger charge is 2.16. The first-order chi connectivity index (χ1) is 13.8. The van der Waals surface area contributed by atoms with Crippen LogP contribution >= 0.6 is 0 Å². The number of primary sulfonamides is 1. The van der Waals surface area contributed by atoms with Crippen LogP contribution in [0.4, 0.5) is 0 Å². The van der Waals surface area contributed by atoms with E-state index in [-0.39, 0.29) is 4.90 Å². The Kier molecular flexibility index (Phi) is 4.77. The van der Waals surface area contributed by atoms with Gasteiger partial charge in [0, 0.05) is 11.3 Å². The number of nitrogens with two attached hydrogens (primary N) is 1. The second-order valence-corrected chi connectivity index (χ2v) is 8.37. The van der Waals surface area contributed by atoms with Gasteiger partial charge in [-0.3, -0.25) is 4.68 Å². The molecule has 0 saturated heterocycles. The third-order valence-corrected chi connectivity index (χ3v) is 5.45. The van der Waals surface area contributed by atoms with Crippen LogP contribution in [0.25, 0.3) is 23.0 Å². The first-order valence-corrected chi connectivity index (χ1v) is 10.4. The van der Waals surface area contributed by atoms with Crippen LogP contribution in [0, 0.1) is 13.8 Å². The summed E-state index contributed by atoms with van der Waals surface area (Å²) in [5, 5.41) is 13.7. The normalized spacial score (nSPS) is 11.7. The third-order valence-electron chi connectivity index (χ3n) is 4.52. The first-order valence-electron chi connectivity index (χ1n) is 8.87. The van der Waals surface area contributed by atoms with Crippen LogP contribution in [0.15, 0.2) is 64.0 Å². The molecule has 0 aliphatic heterocycles. The first kappa shape index (κ1) is 19.0. The molecule has 0 amide bonds. The lowest BCUT2D eigenvalue weighted by atomic mass is 10.1. The maximum absolute atomic E-state index is 11.4. The zero-order valence-electron chi connectivity index (χ0n) is 15.9. The summed E-state index contributed by atoms with van der Waals surface area (Å²) in [5.41, 5.74) is 4.52. The van der Waals surface area contributed by atoms with E-state index in [9.17, 15) is 8.42 Å². The van der Waals surface area contributed by atoms with Crippen molar-refractivity contribution < 1.29 is 12.9 Å². The van der Waals surface area contributed by atoms with E-state index < -0.39 is 10.0 Å². The van der Waals surface area contributed by atoms with Gasteiger partial charge in [-0.2, -0.15) is 10.1 Å². The monoisotopic (exact) mass is 409 g/mol. The largest absolute Gasteiger partial charge is 0.332 e. The van der Waals surface area contributed by atoms with Gasteiger partial charge in [0.25, 0.3) is 5.89 Å². The van der Waals surface area contributed by atoms with E-state index in [1.54, 1.807) is 12.1 Å². The summed E-state index contributed by atoms with van der Waals surface area (Å²) in [6, 6.07) is 16.1. The highest BCUT2D eigenvalue weighted by molar-refractivity contribution is 7.89. The Bertz CT molecular complexity index is 1260. The maximum atomic E-state index is 11.4. The van der Waals surface area contributed by atoms with Gasteiger partial charge >= 0.3 is 0 Å². The van der Waals surface area contributed by atoms with Gasteiger partial charge in [0.05, 0.1) is 11.4 Å². The molecule has 0 fully saturated rings. The summed E-state index contributed by atoms with van der Waals surface area (Å²) in [7, 11) is -3.75. The van der Waals surface area contributed by atoms with Gasteiger partial charge in [0.2, 0.25) is 15.8 Å². The van der Waals surface area contributed by atoms with E-state index in [0.29, 0.717) is 29.5 Å². The van der Waals surface area contributed by atoms with Crippen molar-refractivity contribution in [1.82, 2.24) is 19.9 Å². The van der Waals surface area contributed by atoms with Gasteiger partial charge in [-0.05, 0) is 49.7 Å². The number of sulfonamides is 1. The summed E-state index contributed by atoms with van der Waals surface area (Å²) in [4.78, 5) is 4.40. The number of hydrogen-bond acceptors (Lipinski definition) is 6. The SMILES string of the molecule is Cc1ccc(Cn2nc(-c3nc(-c4ccc(S(N)(=O)=O)cc4)no3)cc2C)cc1. The van der Waals surface area contributed by atoms with Crippen LogP contribution in [0.2, 0.25) is 0 Å². The highest BCUT2D eigenvalue weighted by Crippen LogP contribution is 2.23. The Hall–Kier alpha value is -3.30. The summed E-state index contributed by atoms with van der Waals surface area (Å²) in [5.74, 6) is 0.632. The van der Waals surface area contributed by atoms with E-state index in [1.807, 2.05) is 17.7 Å². The van der Waals surface area contributed by atoms with Crippen LogP contribution in [-0.2, 0) is 16.6 Å². The molecule has 0 radical (unpaired) electrons. The molecule has 0 aliphatic carbocycles. The van der Waals surface area contributed by atoms with E-state index in [2.05, 4.69) is 46.4 Å². The molecule has 2 N–H and O–H groups in total. The minimum Gasteiger partial charge on any atom is -0.332 e. The molecule has 2 aromatic heterocycles. The number of aromatic nitrogens is 4. The third kappa shape index (κ3) is 4.10. The summed E-state index contributed by atoms with van der Waals surface area (Å²) < 4.78 is 30.0. The van der Waals surface area contributed by atoms with E-state index in [4.69, 9.17) is 9.66 Å². The summed E-state index contributed by atoms with van der Waals surface area (Å²) in [6.07, 6.45) is 0. The number of benzene rings is 2. The molecule has 0 unspecified atom stereocenters. The Labute approximate surface area is 168 Å². The predicted octanol–water partition coefficient (Wildman–Crippen LogP) is 2.91. The molecule has 0 saturated carbocycles. The molecule has 29 heavy (non-hydrogen) atoms. The zero-order valence-corrected chi connectivity index (χ0v) is 16.7. The molecule has 0 aliphatic rings. The van der Waals surface area contributed by atoms with Gasteiger partial charge in [-0.15, -0.1) is 0 Å². The van der Waals surface area contributed by atoms with E-state index in [1.165, 1.54) is 17.7 Å². The number of hydrogen-bond donors (Lipinski definition) is 1. The fourth-order valence-electron chi connectivity index (χ4n) is 2.88. The lowest BCUT2D eigenvalue weighted by Gasteiger charge is -2.04. The molecule has 148 valence electrons. The van der Waals surface area contributed by atoms with Gasteiger partial charge in [-0.1, -0.05) is 35.0 Å². The van der Waals surface area contributed by atoms with Crippen molar-refractivity contribution in [3.8, 4) is 23.0 Å². The molecular formula is C20H19N5O3S. The fraction of sp³-hybridized carbons (Fsp3) is 0.150. The van der Waals surface area contributed by atoms with Crippen molar-refractivity contribution in [2.45, 2.75) is 25.3 Å². The van der Waals surface area contributed by atoms with Crippen molar-refractivity contribution in [1.29, 1.82) is 0 Å². The summed E-state index contributed by atoms with van der Waals surface area (Å²) in [6.45, 7) is 4.66. The Morgan fingerprint density at radius 1 is 1.03 bits per heavy atom. The second kappa shape index (κ2) is 7.26. The van der Waals surface area contributed by atoms with Crippen molar-refractivity contribution in [3.05, 3.63) is 71.4 Å². The average Bonchev–Trinajstić information content (AvgIpc) is 3.30. The quantitative estimate of drug-likeness (QED) is 0.542. The molecule has 4 aromatic rings. The zero-order chi connectivity index (χ0) is 20.6. The standard InChI is InChI=1S/C20H19N5O3S/c1-13-3-5-15(6-4-13)12-25-14(2)11-18(23-25)20-22-19(24-28-20)16-7-9-17(10-8-16)29(21,26)27/h3-11H,12H2,1-2H3,(H2,21,26,27). The Morgan fingerprint density at radius 2 is 1.72 bits per heavy atom. The minimum atomic E-state index is -3.75. The second-order valence-electron chi connectivity index (χ2n) is 6.81. The number of nitrogens with zero attached hydrogens (tertiary/aromatic N) is 4. The van der Waals surface area contributed by atoms with Gasteiger partial charge in [0.1, 0.15) is 0 Å². The topological polar surface area (TPSA) is 117 Å². The Balaban J connectivity index is 1.57. The maximum Gasteiger partial charge on any atom is 0.278 e. The van der Waals surface area contributed by atoms with Crippen LogP contribution < -0.4 is 5.14 Å². The number of rotatable bonds is 5. The van der Waals surface area contributed by atoms with Crippen molar-refractivity contribution >= 4 is 10.0 Å². The van der Waals surface area contributed by atoms with Crippen molar-refractivity contribution in [2.75, 3.05) is 0 Å². The predicted molar refractivity (Wildman–Crippen MR) is 107 cm³/mol. The van der Waals surface area contributed by atoms with Crippen LogP contribution in [-0.4, -0.2) is 28.3 Å². The van der Waals surface area contributed by atoms with E-state index in [0.717, 1.165) is 11.3 Å². The van der Waals surface area contributed by atoms with E-state index >= 15 is 0 Å². The molecule has 0 bridgehead atoms. The summed E-state index contributed by atoms with van der Waals surface area (Å²) >= 11 is 0.